The monoisotopic (exact) mass is 189 g/mol. The maximum Gasteiger partial charge on any atom is 0.0177 e. The summed E-state index contributed by atoms with van der Waals surface area (Å²) >= 11 is 0. The molecule has 1 atom stereocenters. The van der Waals surface area contributed by atoms with Gasteiger partial charge in [0.1, 0.15) is 0 Å². The quantitative estimate of drug-likeness (QED) is 0.429. The summed E-state index contributed by atoms with van der Waals surface area (Å²) in [6.45, 7) is 3.90. The van der Waals surface area contributed by atoms with Gasteiger partial charge < -0.3 is 5.41 Å². The van der Waals surface area contributed by atoms with Crippen LogP contribution in [0.3, 0.4) is 0 Å². The van der Waals surface area contributed by atoms with E-state index in [-0.39, 0.29) is 0 Å². The number of hydrogen-bond donors (Lipinski definition) is 1. The van der Waals surface area contributed by atoms with E-state index in [1.165, 1.54) is 6.21 Å². The van der Waals surface area contributed by atoms with E-state index >= 15 is 0 Å². The summed E-state index contributed by atoms with van der Waals surface area (Å²) in [6.07, 6.45) is 4.74. The van der Waals surface area contributed by atoms with Crippen molar-refractivity contribution < 1.29 is 0 Å². The van der Waals surface area contributed by atoms with Gasteiger partial charge in [0.05, 0.1) is 0 Å². The van der Waals surface area contributed by atoms with Crippen molar-refractivity contribution in [3.8, 4) is 0 Å². The molecule has 0 heterocycles. The summed E-state index contributed by atoms with van der Waals surface area (Å²) in [5.41, 5.74) is 2.01. The maximum absolute atomic E-state index is 6.84. The molecule has 0 radical (unpaired) electrons. The zero-order valence-electron chi connectivity index (χ0n) is 7.33. The molecule has 0 amide bonds. The standard InChI is InChI=1S/C11H12NP/c1-9(4-3-7-12)10-5-2-6-11(13)8-10/h2-8,12H,1,13H2/b4-3-,12-7?. The molecule has 2 heteroatoms. The van der Waals surface area contributed by atoms with E-state index in [0.29, 0.717) is 0 Å². The van der Waals surface area contributed by atoms with Crippen LogP contribution in [-0.2, 0) is 0 Å². The van der Waals surface area contributed by atoms with Crippen LogP contribution >= 0.6 is 9.24 Å². The molecule has 0 aliphatic rings. The van der Waals surface area contributed by atoms with Crippen molar-refractivity contribution in [3.05, 3.63) is 48.6 Å². The lowest BCUT2D eigenvalue weighted by molar-refractivity contribution is 1.58. The summed E-state index contributed by atoms with van der Waals surface area (Å²) in [4.78, 5) is 0. The fourth-order valence-corrected chi connectivity index (χ4v) is 1.29. The van der Waals surface area contributed by atoms with Crippen molar-refractivity contribution in [2.45, 2.75) is 0 Å². The topological polar surface area (TPSA) is 23.9 Å². The van der Waals surface area contributed by atoms with Crippen molar-refractivity contribution in [1.29, 1.82) is 5.41 Å². The Kier molecular flexibility index (Phi) is 3.60. The zero-order valence-corrected chi connectivity index (χ0v) is 8.48. The Bertz CT molecular complexity index is 353. The lowest BCUT2D eigenvalue weighted by Gasteiger charge is -2.00. The Morgan fingerprint density at radius 1 is 1.46 bits per heavy atom. The van der Waals surface area contributed by atoms with E-state index in [2.05, 4.69) is 15.8 Å². The fraction of sp³-hybridized carbons (Fsp3) is 0. The second-order valence-corrected chi connectivity index (χ2v) is 3.34. The van der Waals surface area contributed by atoms with E-state index in [4.69, 9.17) is 5.41 Å². The highest BCUT2D eigenvalue weighted by atomic mass is 31.0. The first-order valence-corrected chi connectivity index (χ1v) is 4.53. The first kappa shape index (κ1) is 9.88. The molecule has 0 aromatic heterocycles. The van der Waals surface area contributed by atoms with Crippen molar-refractivity contribution >= 4 is 26.3 Å². The minimum atomic E-state index is 0.924. The number of benzene rings is 1. The molecule has 1 aromatic carbocycles. The van der Waals surface area contributed by atoms with Gasteiger partial charge in [0, 0.05) is 6.21 Å². The SMILES string of the molecule is C=C(/C=C\C=N)c1cccc(P)c1. The third kappa shape index (κ3) is 2.96. The van der Waals surface area contributed by atoms with Gasteiger partial charge in [0.15, 0.2) is 0 Å². The van der Waals surface area contributed by atoms with Crippen LogP contribution in [0.5, 0.6) is 0 Å². The highest BCUT2D eigenvalue weighted by Crippen LogP contribution is 2.12. The molecule has 1 rings (SSSR count). The molecule has 0 aliphatic carbocycles. The van der Waals surface area contributed by atoms with Crippen LogP contribution in [0.4, 0.5) is 0 Å². The Balaban J connectivity index is 2.89. The minimum absolute atomic E-state index is 0.924. The third-order valence-corrected chi connectivity index (χ3v) is 2.01. The molecule has 0 spiro atoms. The summed E-state index contributed by atoms with van der Waals surface area (Å²) < 4.78 is 0. The molecule has 1 unspecified atom stereocenters. The van der Waals surface area contributed by atoms with Crippen LogP contribution in [0.2, 0.25) is 0 Å². The van der Waals surface area contributed by atoms with Gasteiger partial charge in [0.25, 0.3) is 0 Å². The van der Waals surface area contributed by atoms with Gasteiger partial charge in [-0.15, -0.1) is 9.24 Å². The molecule has 0 bridgehead atoms. The molecule has 66 valence electrons. The molecule has 1 aromatic rings. The minimum Gasteiger partial charge on any atom is -0.309 e. The van der Waals surface area contributed by atoms with Crippen molar-refractivity contribution in [3.63, 3.8) is 0 Å². The summed E-state index contributed by atoms with van der Waals surface area (Å²) in [7, 11) is 2.65. The van der Waals surface area contributed by atoms with Gasteiger partial charge in [-0.2, -0.15) is 0 Å². The molecule has 1 N–H and O–H groups in total. The van der Waals surface area contributed by atoms with Crippen molar-refractivity contribution in [2.24, 2.45) is 0 Å². The third-order valence-electron chi connectivity index (χ3n) is 1.65. The van der Waals surface area contributed by atoms with E-state index in [0.717, 1.165) is 16.4 Å². The van der Waals surface area contributed by atoms with Crippen molar-refractivity contribution in [1.82, 2.24) is 0 Å². The predicted octanol–water partition coefficient (Wildman–Crippen LogP) is 2.41. The highest BCUT2D eigenvalue weighted by Gasteiger charge is 1.93. The van der Waals surface area contributed by atoms with E-state index in [1.807, 2.05) is 30.3 Å². The lowest BCUT2D eigenvalue weighted by Crippen LogP contribution is -1.90. The first-order valence-electron chi connectivity index (χ1n) is 3.96. The molecule has 0 saturated heterocycles. The average Bonchev–Trinajstić information content (AvgIpc) is 2.14. The Labute approximate surface area is 80.9 Å². The summed E-state index contributed by atoms with van der Waals surface area (Å²) in [5.74, 6) is 0. The van der Waals surface area contributed by atoms with Gasteiger partial charge in [-0.25, -0.2) is 0 Å². The van der Waals surface area contributed by atoms with Gasteiger partial charge >= 0.3 is 0 Å². The molecular weight excluding hydrogens is 177 g/mol. The van der Waals surface area contributed by atoms with Crippen LogP contribution < -0.4 is 5.30 Å². The maximum atomic E-state index is 6.84. The van der Waals surface area contributed by atoms with Gasteiger partial charge in [-0.3, -0.25) is 0 Å². The van der Waals surface area contributed by atoms with Crippen molar-refractivity contribution in [2.75, 3.05) is 0 Å². The van der Waals surface area contributed by atoms with Crippen LogP contribution in [-0.4, -0.2) is 6.21 Å². The van der Waals surface area contributed by atoms with Gasteiger partial charge in [0.2, 0.25) is 0 Å². The average molecular weight is 189 g/mol. The smallest absolute Gasteiger partial charge is 0.0177 e. The molecule has 1 nitrogen and oxygen atoms in total. The van der Waals surface area contributed by atoms with Crippen LogP contribution in [0.25, 0.3) is 5.57 Å². The first-order chi connectivity index (χ1) is 6.24. The zero-order chi connectivity index (χ0) is 9.68. The number of rotatable bonds is 3. The molecular formula is C11H12NP. The lowest BCUT2D eigenvalue weighted by atomic mass is 10.1. The largest absolute Gasteiger partial charge is 0.309 e. The van der Waals surface area contributed by atoms with Gasteiger partial charge in [-0.05, 0) is 28.6 Å². The molecule has 0 aliphatic heterocycles. The van der Waals surface area contributed by atoms with E-state index in [9.17, 15) is 0 Å². The number of allylic oxidation sites excluding steroid dienone is 3. The van der Waals surface area contributed by atoms with Crippen LogP contribution in [0, 0.1) is 5.41 Å². The van der Waals surface area contributed by atoms with E-state index in [1.54, 1.807) is 6.08 Å². The molecule has 0 saturated carbocycles. The van der Waals surface area contributed by atoms with Gasteiger partial charge in [-0.1, -0.05) is 30.9 Å². The number of nitrogens with one attached hydrogen (secondary N) is 1. The second-order valence-electron chi connectivity index (χ2n) is 2.68. The van der Waals surface area contributed by atoms with E-state index < -0.39 is 0 Å². The second kappa shape index (κ2) is 4.74. The predicted molar refractivity (Wildman–Crippen MR) is 62.7 cm³/mol. The highest BCUT2D eigenvalue weighted by molar-refractivity contribution is 7.27. The Hall–Kier alpha value is -1.20. The Morgan fingerprint density at radius 3 is 2.85 bits per heavy atom. The number of hydrogen-bond acceptors (Lipinski definition) is 1. The van der Waals surface area contributed by atoms with Crippen LogP contribution in [0.15, 0.2) is 43.0 Å². The summed E-state index contributed by atoms with van der Waals surface area (Å²) in [6, 6.07) is 8.05. The Morgan fingerprint density at radius 2 is 2.23 bits per heavy atom. The normalized spacial score (nSPS) is 10.2. The molecule has 0 fully saturated rings. The summed E-state index contributed by atoms with van der Waals surface area (Å²) in [5, 5.41) is 7.98. The fourth-order valence-electron chi connectivity index (χ4n) is 0.999. The molecule has 13 heavy (non-hydrogen) atoms. The van der Waals surface area contributed by atoms with Crippen LogP contribution in [0.1, 0.15) is 5.56 Å².